The number of nitrogens with zero attached hydrogens (tertiary/aromatic N) is 3. The van der Waals surface area contributed by atoms with Crippen LogP contribution >= 0.6 is 0 Å². The molecule has 0 aliphatic heterocycles. The minimum Gasteiger partial charge on any atom is -0.333 e. The highest BCUT2D eigenvalue weighted by molar-refractivity contribution is 4.98. The van der Waals surface area contributed by atoms with Gasteiger partial charge in [-0.25, -0.2) is 4.98 Å². The Bertz CT molecular complexity index is 265. The molecule has 0 atom stereocenters. The van der Waals surface area contributed by atoms with Crippen LogP contribution in [0.3, 0.4) is 0 Å². The summed E-state index contributed by atoms with van der Waals surface area (Å²) >= 11 is 0. The van der Waals surface area contributed by atoms with Crippen LogP contribution in [0, 0.1) is 0 Å². The van der Waals surface area contributed by atoms with Gasteiger partial charge in [0, 0.05) is 31.4 Å². The molecule has 0 amide bonds. The van der Waals surface area contributed by atoms with Gasteiger partial charge in [-0.1, -0.05) is 13.8 Å². The van der Waals surface area contributed by atoms with E-state index < -0.39 is 0 Å². The van der Waals surface area contributed by atoms with E-state index in [0.717, 1.165) is 32.6 Å². The molecule has 4 nitrogen and oxygen atoms in total. The van der Waals surface area contributed by atoms with Gasteiger partial charge in [-0.15, -0.1) is 0 Å². The molecular formula is C11H22N4. The van der Waals surface area contributed by atoms with Crippen LogP contribution in [-0.4, -0.2) is 40.6 Å². The van der Waals surface area contributed by atoms with Crippen molar-refractivity contribution in [3.05, 3.63) is 18.2 Å². The normalized spacial score (nSPS) is 11.2. The molecule has 2 N–H and O–H groups in total. The number of imidazole rings is 1. The first-order valence-electron chi connectivity index (χ1n) is 5.73. The van der Waals surface area contributed by atoms with Gasteiger partial charge < -0.3 is 15.2 Å². The third-order valence-electron chi connectivity index (χ3n) is 2.75. The third-order valence-corrected chi connectivity index (χ3v) is 2.75. The molecule has 0 unspecified atom stereocenters. The number of hydrogen-bond acceptors (Lipinski definition) is 3. The Balaban J connectivity index is 2.45. The van der Waals surface area contributed by atoms with E-state index in [0.29, 0.717) is 6.54 Å². The number of aromatic nitrogens is 2. The maximum absolute atomic E-state index is 5.55. The molecule has 0 aromatic carbocycles. The minimum atomic E-state index is 0.691. The standard InChI is InChI=1S/C11H22N4/c1-3-14(4-2)7-8-15-10-13-9-11(15)5-6-12/h9-10H,3-8,12H2,1-2H3. The molecular weight excluding hydrogens is 188 g/mol. The summed E-state index contributed by atoms with van der Waals surface area (Å²) in [5.74, 6) is 0. The fourth-order valence-electron chi connectivity index (χ4n) is 1.69. The van der Waals surface area contributed by atoms with E-state index in [2.05, 4.69) is 28.3 Å². The molecule has 0 saturated carbocycles. The first kappa shape index (κ1) is 12.2. The van der Waals surface area contributed by atoms with Crippen molar-refractivity contribution in [3.63, 3.8) is 0 Å². The van der Waals surface area contributed by atoms with E-state index in [1.54, 1.807) is 0 Å². The Morgan fingerprint density at radius 3 is 2.73 bits per heavy atom. The Kier molecular flexibility index (Phi) is 5.36. The fourth-order valence-corrected chi connectivity index (χ4v) is 1.69. The van der Waals surface area contributed by atoms with Crippen molar-refractivity contribution in [2.45, 2.75) is 26.8 Å². The van der Waals surface area contributed by atoms with Crippen LogP contribution in [0.25, 0.3) is 0 Å². The van der Waals surface area contributed by atoms with Gasteiger partial charge in [-0.2, -0.15) is 0 Å². The Labute approximate surface area is 92.1 Å². The monoisotopic (exact) mass is 210 g/mol. The van der Waals surface area contributed by atoms with Crippen molar-refractivity contribution in [2.24, 2.45) is 5.73 Å². The van der Waals surface area contributed by atoms with E-state index in [9.17, 15) is 0 Å². The number of likely N-dealkylation sites (N-methyl/N-ethyl adjacent to an activating group) is 1. The average molecular weight is 210 g/mol. The molecule has 86 valence electrons. The van der Waals surface area contributed by atoms with E-state index in [1.807, 2.05) is 12.5 Å². The van der Waals surface area contributed by atoms with Gasteiger partial charge in [0.1, 0.15) is 0 Å². The van der Waals surface area contributed by atoms with E-state index in [4.69, 9.17) is 5.73 Å². The molecule has 0 aliphatic carbocycles. The zero-order valence-electron chi connectivity index (χ0n) is 9.82. The third kappa shape index (κ3) is 3.64. The molecule has 0 saturated heterocycles. The first-order valence-corrected chi connectivity index (χ1v) is 5.73. The fraction of sp³-hybridized carbons (Fsp3) is 0.727. The maximum atomic E-state index is 5.55. The van der Waals surface area contributed by atoms with Crippen LogP contribution in [0.5, 0.6) is 0 Å². The number of hydrogen-bond donors (Lipinski definition) is 1. The SMILES string of the molecule is CCN(CC)CCn1cncc1CCN. The van der Waals surface area contributed by atoms with Gasteiger partial charge in [0.2, 0.25) is 0 Å². The van der Waals surface area contributed by atoms with Gasteiger partial charge in [-0.3, -0.25) is 0 Å². The smallest absolute Gasteiger partial charge is 0.0948 e. The highest BCUT2D eigenvalue weighted by atomic mass is 15.1. The first-order chi connectivity index (χ1) is 7.31. The Morgan fingerprint density at radius 2 is 2.13 bits per heavy atom. The van der Waals surface area contributed by atoms with Gasteiger partial charge in [0.15, 0.2) is 0 Å². The average Bonchev–Trinajstić information content (AvgIpc) is 2.68. The molecule has 1 aromatic rings. The van der Waals surface area contributed by atoms with E-state index >= 15 is 0 Å². The lowest BCUT2D eigenvalue weighted by Crippen LogP contribution is -2.27. The van der Waals surface area contributed by atoms with Crippen molar-refractivity contribution < 1.29 is 0 Å². The largest absolute Gasteiger partial charge is 0.333 e. The second-order valence-electron chi connectivity index (χ2n) is 3.64. The predicted molar refractivity (Wildman–Crippen MR) is 62.8 cm³/mol. The molecule has 0 fully saturated rings. The number of rotatable bonds is 7. The topological polar surface area (TPSA) is 47.1 Å². The second-order valence-corrected chi connectivity index (χ2v) is 3.64. The lowest BCUT2D eigenvalue weighted by molar-refractivity contribution is 0.289. The summed E-state index contributed by atoms with van der Waals surface area (Å²) in [6, 6.07) is 0. The van der Waals surface area contributed by atoms with Crippen LogP contribution in [-0.2, 0) is 13.0 Å². The summed E-state index contributed by atoms with van der Waals surface area (Å²) in [5.41, 5.74) is 6.79. The summed E-state index contributed by atoms with van der Waals surface area (Å²) in [5, 5.41) is 0. The highest BCUT2D eigenvalue weighted by Crippen LogP contribution is 2.00. The lowest BCUT2D eigenvalue weighted by atomic mass is 10.3. The predicted octanol–water partition coefficient (Wildman–Crippen LogP) is 0.726. The molecule has 0 spiro atoms. The number of nitrogens with two attached hydrogens (primary N) is 1. The van der Waals surface area contributed by atoms with E-state index in [1.165, 1.54) is 5.69 Å². The molecule has 15 heavy (non-hydrogen) atoms. The summed E-state index contributed by atoms with van der Waals surface area (Å²) in [4.78, 5) is 6.57. The van der Waals surface area contributed by atoms with Gasteiger partial charge in [0.05, 0.1) is 6.33 Å². The molecule has 1 rings (SSSR count). The quantitative estimate of drug-likeness (QED) is 0.721. The van der Waals surface area contributed by atoms with Crippen molar-refractivity contribution in [3.8, 4) is 0 Å². The van der Waals surface area contributed by atoms with E-state index in [-0.39, 0.29) is 0 Å². The Morgan fingerprint density at radius 1 is 1.40 bits per heavy atom. The van der Waals surface area contributed by atoms with Crippen LogP contribution in [0.4, 0.5) is 0 Å². The van der Waals surface area contributed by atoms with Crippen molar-refractivity contribution in [1.29, 1.82) is 0 Å². The summed E-state index contributed by atoms with van der Waals surface area (Å²) < 4.78 is 2.20. The molecule has 1 heterocycles. The van der Waals surface area contributed by atoms with Crippen LogP contribution in [0.1, 0.15) is 19.5 Å². The summed E-state index contributed by atoms with van der Waals surface area (Å²) in [6.45, 7) is 9.39. The van der Waals surface area contributed by atoms with Crippen molar-refractivity contribution >= 4 is 0 Å². The molecule has 4 heteroatoms. The molecule has 1 aromatic heterocycles. The second kappa shape index (κ2) is 6.58. The van der Waals surface area contributed by atoms with Gasteiger partial charge in [0.25, 0.3) is 0 Å². The highest BCUT2D eigenvalue weighted by Gasteiger charge is 2.03. The summed E-state index contributed by atoms with van der Waals surface area (Å²) in [6.07, 6.45) is 4.72. The zero-order chi connectivity index (χ0) is 11.1. The molecule has 0 bridgehead atoms. The lowest BCUT2D eigenvalue weighted by Gasteiger charge is -2.18. The molecule has 0 radical (unpaired) electrons. The van der Waals surface area contributed by atoms with Crippen LogP contribution in [0.2, 0.25) is 0 Å². The van der Waals surface area contributed by atoms with Crippen LogP contribution in [0.15, 0.2) is 12.5 Å². The van der Waals surface area contributed by atoms with Crippen LogP contribution < -0.4 is 5.73 Å². The maximum Gasteiger partial charge on any atom is 0.0948 e. The van der Waals surface area contributed by atoms with Crippen molar-refractivity contribution in [1.82, 2.24) is 14.5 Å². The van der Waals surface area contributed by atoms with Crippen molar-refractivity contribution in [2.75, 3.05) is 26.2 Å². The van der Waals surface area contributed by atoms with Gasteiger partial charge in [-0.05, 0) is 19.6 Å². The minimum absolute atomic E-state index is 0.691. The summed E-state index contributed by atoms with van der Waals surface area (Å²) in [7, 11) is 0. The zero-order valence-corrected chi connectivity index (χ0v) is 9.82. The Hall–Kier alpha value is -0.870. The molecule has 0 aliphatic rings. The van der Waals surface area contributed by atoms with Gasteiger partial charge >= 0.3 is 0 Å².